The maximum atomic E-state index is 5.49. The Kier molecular flexibility index (Phi) is 3.78. The van der Waals surface area contributed by atoms with Crippen molar-refractivity contribution in [2.45, 2.75) is 13.5 Å². The fourth-order valence-electron chi connectivity index (χ4n) is 1.87. The summed E-state index contributed by atoms with van der Waals surface area (Å²) in [7, 11) is 0. The molecule has 6 nitrogen and oxygen atoms in total. The van der Waals surface area contributed by atoms with Gasteiger partial charge in [0.2, 0.25) is 0 Å². The Balaban J connectivity index is 1.66. The Bertz CT molecular complexity index is 679. The number of nitrogens with one attached hydrogen (secondary N) is 1. The number of rotatable bonds is 6. The van der Waals surface area contributed by atoms with Gasteiger partial charge in [-0.25, -0.2) is 4.98 Å². The van der Waals surface area contributed by atoms with Gasteiger partial charge in [0.25, 0.3) is 0 Å². The number of ether oxygens (including phenoxy) is 1. The molecule has 0 bridgehead atoms. The molecule has 0 aliphatic carbocycles. The largest absolute Gasteiger partial charge is 0.494 e. The molecule has 1 aromatic carbocycles. The molecule has 2 heterocycles. The van der Waals surface area contributed by atoms with Crippen LogP contribution >= 0.6 is 11.3 Å². The predicted octanol–water partition coefficient (Wildman–Crippen LogP) is 2.40. The van der Waals surface area contributed by atoms with Crippen LogP contribution in [0.25, 0.3) is 10.2 Å². The summed E-state index contributed by atoms with van der Waals surface area (Å²) >= 11 is 1.63. The molecule has 20 heavy (non-hydrogen) atoms. The lowest BCUT2D eigenvalue weighted by Crippen LogP contribution is -2.10. The van der Waals surface area contributed by atoms with Gasteiger partial charge in [0.1, 0.15) is 5.75 Å². The Hall–Kier alpha value is -2.15. The number of nitrogens with zero attached hydrogens (tertiary/aromatic N) is 4. The third kappa shape index (κ3) is 2.88. The van der Waals surface area contributed by atoms with E-state index in [1.807, 2.05) is 31.3 Å². The minimum atomic E-state index is 0.674. The summed E-state index contributed by atoms with van der Waals surface area (Å²) < 4.78 is 8.40. The second-order valence-corrected chi connectivity index (χ2v) is 5.21. The lowest BCUT2D eigenvalue weighted by Gasteiger charge is -2.01. The second-order valence-electron chi connectivity index (χ2n) is 4.17. The summed E-state index contributed by atoms with van der Waals surface area (Å²) in [6.07, 6.45) is 3.52. The van der Waals surface area contributed by atoms with Crippen molar-refractivity contribution >= 4 is 26.7 Å². The van der Waals surface area contributed by atoms with Crippen LogP contribution in [0.2, 0.25) is 0 Å². The molecule has 0 saturated carbocycles. The predicted molar refractivity (Wildman–Crippen MR) is 79.3 cm³/mol. The Morgan fingerprint density at radius 2 is 2.35 bits per heavy atom. The van der Waals surface area contributed by atoms with Gasteiger partial charge >= 0.3 is 0 Å². The van der Waals surface area contributed by atoms with Gasteiger partial charge in [-0.3, -0.25) is 4.68 Å². The first-order valence-electron chi connectivity index (χ1n) is 6.46. The maximum Gasteiger partial charge on any atom is 0.183 e. The summed E-state index contributed by atoms with van der Waals surface area (Å²) in [5, 5.41) is 11.9. The highest BCUT2D eigenvalue weighted by Crippen LogP contribution is 2.29. The summed E-state index contributed by atoms with van der Waals surface area (Å²) in [5.41, 5.74) is 0.988. The quantitative estimate of drug-likeness (QED) is 0.755. The van der Waals surface area contributed by atoms with E-state index in [0.717, 1.165) is 34.2 Å². The zero-order valence-corrected chi connectivity index (χ0v) is 11.9. The van der Waals surface area contributed by atoms with Crippen molar-refractivity contribution in [3.63, 3.8) is 0 Å². The standard InChI is InChI=1S/C13H15N5OS/c1-2-19-10-3-4-11-12(9-10)20-13(16-11)14-5-7-18-8-6-15-17-18/h3-4,6,8-9H,2,5,7H2,1H3,(H,14,16). The van der Waals surface area contributed by atoms with Crippen molar-refractivity contribution in [3.05, 3.63) is 30.6 Å². The minimum Gasteiger partial charge on any atom is -0.494 e. The van der Waals surface area contributed by atoms with Crippen LogP contribution in [-0.4, -0.2) is 33.1 Å². The fourth-order valence-corrected chi connectivity index (χ4v) is 2.79. The maximum absolute atomic E-state index is 5.49. The van der Waals surface area contributed by atoms with E-state index >= 15 is 0 Å². The number of hydrogen-bond acceptors (Lipinski definition) is 6. The molecule has 2 aromatic heterocycles. The Morgan fingerprint density at radius 3 is 3.15 bits per heavy atom. The van der Waals surface area contributed by atoms with Gasteiger partial charge in [0, 0.05) is 12.7 Å². The van der Waals surface area contributed by atoms with Gasteiger partial charge in [-0.2, -0.15) is 0 Å². The van der Waals surface area contributed by atoms with Crippen LogP contribution in [-0.2, 0) is 6.54 Å². The molecular formula is C13H15N5OS. The molecule has 0 spiro atoms. The van der Waals surface area contributed by atoms with E-state index in [1.165, 1.54) is 0 Å². The molecule has 0 unspecified atom stereocenters. The van der Waals surface area contributed by atoms with Crippen molar-refractivity contribution in [3.8, 4) is 5.75 Å². The number of thiazole rings is 1. The zero-order valence-electron chi connectivity index (χ0n) is 11.1. The van der Waals surface area contributed by atoms with Crippen LogP contribution in [0.1, 0.15) is 6.92 Å². The van der Waals surface area contributed by atoms with E-state index in [4.69, 9.17) is 4.74 Å². The highest BCUT2D eigenvalue weighted by Gasteiger charge is 2.05. The first-order valence-corrected chi connectivity index (χ1v) is 7.28. The van der Waals surface area contributed by atoms with Crippen molar-refractivity contribution in [1.82, 2.24) is 20.0 Å². The SMILES string of the molecule is CCOc1ccc2nc(NCCn3ccnn3)sc2c1. The summed E-state index contributed by atoms with van der Waals surface area (Å²) in [4.78, 5) is 4.54. The molecule has 1 N–H and O–H groups in total. The van der Waals surface area contributed by atoms with Crippen LogP contribution in [0.4, 0.5) is 5.13 Å². The molecule has 0 aliphatic heterocycles. The molecular weight excluding hydrogens is 274 g/mol. The van der Waals surface area contributed by atoms with Gasteiger partial charge in [0.15, 0.2) is 5.13 Å². The van der Waals surface area contributed by atoms with E-state index in [2.05, 4.69) is 20.6 Å². The third-order valence-corrected chi connectivity index (χ3v) is 3.74. The third-order valence-electron chi connectivity index (χ3n) is 2.76. The lowest BCUT2D eigenvalue weighted by molar-refractivity contribution is 0.341. The van der Waals surface area contributed by atoms with Crippen molar-refractivity contribution in [2.24, 2.45) is 0 Å². The van der Waals surface area contributed by atoms with E-state index in [9.17, 15) is 0 Å². The van der Waals surface area contributed by atoms with Crippen molar-refractivity contribution in [2.75, 3.05) is 18.5 Å². The van der Waals surface area contributed by atoms with E-state index in [1.54, 1.807) is 22.2 Å². The van der Waals surface area contributed by atoms with Crippen LogP contribution < -0.4 is 10.1 Å². The molecule has 0 fully saturated rings. The average molecular weight is 289 g/mol. The molecule has 104 valence electrons. The molecule has 0 atom stereocenters. The number of aromatic nitrogens is 4. The fraction of sp³-hybridized carbons (Fsp3) is 0.308. The van der Waals surface area contributed by atoms with Gasteiger partial charge < -0.3 is 10.1 Å². The molecule has 7 heteroatoms. The van der Waals surface area contributed by atoms with Crippen molar-refractivity contribution in [1.29, 1.82) is 0 Å². The van der Waals surface area contributed by atoms with Gasteiger partial charge in [-0.05, 0) is 25.1 Å². The van der Waals surface area contributed by atoms with E-state index < -0.39 is 0 Å². The van der Waals surface area contributed by atoms with Gasteiger partial charge in [-0.15, -0.1) is 5.10 Å². The van der Waals surface area contributed by atoms with Crippen LogP contribution in [0, 0.1) is 0 Å². The average Bonchev–Trinajstić information content (AvgIpc) is 3.07. The molecule has 0 radical (unpaired) electrons. The van der Waals surface area contributed by atoms with Gasteiger partial charge in [0.05, 0.1) is 29.6 Å². The zero-order chi connectivity index (χ0) is 13.8. The summed E-state index contributed by atoms with van der Waals surface area (Å²) in [5.74, 6) is 0.887. The normalized spacial score (nSPS) is 10.8. The molecule has 0 aliphatic rings. The number of hydrogen-bond donors (Lipinski definition) is 1. The molecule has 3 rings (SSSR count). The lowest BCUT2D eigenvalue weighted by atomic mass is 10.3. The minimum absolute atomic E-state index is 0.674. The first kappa shape index (κ1) is 12.9. The number of anilines is 1. The Labute approximate surface area is 120 Å². The molecule has 0 amide bonds. The van der Waals surface area contributed by atoms with Gasteiger partial charge in [-0.1, -0.05) is 16.6 Å². The van der Waals surface area contributed by atoms with Crippen molar-refractivity contribution < 1.29 is 4.74 Å². The number of benzene rings is 1. The summed E-state index contributed by atoms with van der Waals surface area (Å²) in [6, 6.07) is 5.96. The summed E-state index contributed by atoms with van der Waals surface area (Å²) in [6.45, 7) is 4.18. The number of fused-ring (bicyclic) bond motifs is 1. The van der Waals surface area contributed by atoms with Crippen LogP contribution in [0.15, 0.2) is 30.6 Å². The molecule has 0 saturated heterocycles. The molecule has 3 aromatic rings. The topological polar surface area (TPSA) is 64.9 Å². The van der Waals surface area contributed by atoms with Crippen LogP contribution in [0.5, 0.6) is 5.75 Å². The highest BCUT2D eigenvalue weighted by molar-refractivity contribution is 7.22. The highest BCUT2D eigenvalue weighted by atomic mass is 32.1. The van der Waals surface area contributed by atoms with E-state index in [0.29, 0.717) is 6.61 Å². The van der Waals surface area contributed by atoms with E-state index in [-0.39, 0.29) is 0 Å². The first-order chi connectivity index (χ1) is 9.85. The second kappa shape index (κ2) is 5.87. The van der Waals surface area contributed by atoms with Crippen LogP contribution in [0.3, 0.4) is 0 Å². The Morgan fingerprint density at radius 1 is 1.40 bits per heavy atom. The smallest absolute Gasteiger partial charge is 0.183 e. The monoisotopic (exact) mass is 289 g/mol.